The Morgan fingerprint density at radius 1 is 1.10 bits per heavy atom. The standard InChI is InChI=1S/C22H16N4OS2/c1-14-7-8-18-25-16(9-19(27)26(18)10-14)11-28-21-20-17(15-5-3-2-4-6-15)12-29-22(20)24-13-23-21/h2-10,12-13H,11H2,1H3. The van der Waals surface area contributed by atoms with Gasteiger partial charge in [-0.25, -0.2) is 15.0 Å². The minimum Gasteiger partial charge on any atom is -0.269 e. The highest BCUT2D eigenvalue weighted by Gasteiger charge is 2.14. The van der Waals surface area contributed by atoms with Crippen LogP contribution in [0.15, 0.2) is 76.3 Å². The first-order valence-corrected chi connectivity index (χ1v) is 10.9. The van der Waals surface area contributed by atoms with Gasteiger partial charge in [0.2, 0.25) is 0 Å². The number of rotatable bonds is 4. The second kappa shape index (κ2) is 7.42. The molecule has 0 spiro atoms. The maximum absolute atomic E-state index is 12.5. The summed E-state index contributed by atoms with van der Waals surface area (Å²) < 4.78 is 1.58. The van der Waals surface area contributed by atoms with E-state index in [2.05, 4.69) is 32.5 Å². The van der Waals surface area contributed by atoms with Gasteiger partial charge in [-0.15, -0.1) is 11.3 Å². The maximum Gasteiger partial charge on any atom is 0.258 e. The van der Waals surface area contributed by atoms with Crippen LogP contribution in [0.2, 0.25) is 0 Å². The van der Waals surface area contributed by atoms with Gasteiger partial charge >= 0.3 is 0 Å². The number of hydrogen-bond donors (Lipinski definition) is 0. The molecule has 0 saturated carbocycles. The largest absolute Gasteiger partial charge is 0.269 e. The van der Waals surface area contributed by atoms with Crippen LogP contribution in [0.3, 0.4) is 0 Å². The van der Waals surface area contributed by atoms with Gasteiger partial charge in [0, 0.05) is 29.0 Å². The van der Waals surface area contributed by atoms with Crippen LogP contribution in [-0.2, 0) is 5.75 Å². The molecule has 5 aromatic rings. The third kappa shape index (κ3) is 3.43. The number of nitrogens with zero attached hydrogens (tertiary/aromatic N) is 4. The van der Waals surface area contributed by atoms with Gasteiger partial charge in [0.15, 0.2) is 0 Å². The van der Waals surface area contributed by atoms with Crippen LogP contribution >= 0.6 is 23.1 Å². The van der Waals surface area contributed by atoms with Crippen molar-refractivity contribution in [3.05, 3.63) is 88.0 Å². The van der Waals surface area contributed by atoms with Crippen LogP contribution in [0.5, 0.6) is 0 Å². The molecule has 5 nitrogen and oxygen atoms in total. The summed E-state index contributed by atoms with van der Waals surface area (Å²) in [5.74, 6) is 0.565. The third-order valence-electron chi connectivity index (χ3n) is 4.64. The van der Waals surface area contributed by atoms with Crippen molar-refractivity contribution in [1.29, 1.82) is 0 Å². The van der Waals surface area contributed by atoms with Gasteiger partial charge in [-0.1, -0.05) is 48.2 Å². The zero-order chi connectivity index (χ0) is 19.8. The molecular formula is C22H16N4OS2. The lowest BCUT2D eigenvalue weighted by atomic mass is 10.1. The molecule has 0 atom stereocenters. The number of aromatic nitrogens is 4. The summed E-state index contributed by atoms with van der Waals surface area (Å²) >= 11 is 3.20. The molecule has 4 aromatic heterocycles. The van der Waals surface area contributed by atoms with Crippen molar-refractivity contribution in [3.63, 3.8) is 0 Å². The van der Waals surface area contributed by atoms with Crippen LogP contribution < -0.4 is 5.56 Å². The summed E-state index contributed by atoms with van der Waals surface area (Å²) in [7, 11) is 0. The SMILES string of the molecule is Cc1ccc2nc(CSc3ncnc4scc(-c5ccccc5)c34)cc(=O)n2c1. The zero-order valence-corrected chi connectivity index (χ0v) is 17.2. The fraction of sp³-hybridized carbons (Fsp3) is 0.0909. The van der Waals surface area contributed by atoms with Crippen LogP contribution in [0.4, 0.5) is 0 Å². The molecule has 5 rings (SSSR count). The van der Waals surface area contributed by atoms with Gasteiger partial charge in [0.05, 0.1) is 11.1 Å². The Balaban J connectivity index is 1.51. The monoisotopic (exact) mass is 416 g/mol. The normalized spacial score (nSPS) is 11.3. The quantitative estimate of drug-likeness (QED) is 0.306. The van der Waals surface area contributed by atoms with Gasteiger partial charge in [0.25, 0.3) is 5.56 Å². The molecule has 7 heteroatoms. The van der Waals surface area contributed by atoms with Gasteiger partial charge < -0.3 is 0 Å². The smallest absolute Gasteiger partial charge is 0.258 e. The molecule has 142 valence electrons. The van der Waals surface area contributed by atoms with E-state index in [4.69, 9.17) is 0 Å². The van der Waals surface area contributed by atoms with Crippen LogP contribution in [0.25, 0.3) is 27.0 Å². The predicted molar refractivity (Wildman–Crippen MR) is 119 cm³/mol. The second-order valence-corrected chi connectivity index (χ2v) is 8.51. The molecule has 0 amide bonds. The van der Waals surface area contributed by atoms with E-state index in [1.807, 2.05) is 43.5 Å². The van der Waals surface area contributed by atoms with Crippen molar-refractivity contribution < 1.29 is 0 Å². The molecule has 0 fully saturated rings. The highest BCUT2D eigenvalue weighted by Crippen LogP contribution is 2.38. The van der Waals surface area contributed by atoms with Crippen molar-refractivity contribution in [1.82, 2.24) is 19.4 Å². The summed E-state index contributed by atoms with van der Waals surface area (Å²) in [6.45, 7) is 1.96. The summed E-state index contributed by atoms with van der Waals surface area (Å²) in [4.78, 5) is 27.0. The van der Waals surface area contributed by atoms with Crippen molar-refractivity contribution in [2.24, 2.45) is 0 Å². The molecule has 0 N–H and O–H groups in total. The Morgan fingerprint density at radius 2 is 1.97 bits per heavy atom. The molecule has 0 radical (unpaired) electrons. The topological polar surface area (TPSA) is 60.2 Å². The van der Waals surface area contributed by atoms with E-state index in [1.54, 1.807) is 39.9 Å². The van der Waals surface area contributed by atoms with Crippen molar-refractivity contribution in [2.45, 2.75) is 17.7 Å². The summed E-state index contributed by atoms with van der Waals surface area (Å²) in [5, 5.41) is 4.09. The number of thiophene rings is 1. The zero-order valence-electron chi connectivity index (χ0n) is 15.6. The summed E-state index contributed by atoms with van der Waals surface area (Å²) in [6, 6.07) is 15.7. The van der Waals surface area contributed by atoms with E-state index < -0.39 is 0 Å². The average molecular weight is 417 g/mol. The van der Waals surface area contributed by atoms with E-state index in [0.29, 0.717) is 11.4 Å². The lowest BCUT2D eigenvalue weighted by Crippen LogP contribution is -2.15. The van der Waals surface area contributed by atoms with E-state index in [9.17, 15) is 4.79 Å². The van der Waals surface area contributed by atoms with E-state index >= 15 is 0 Å². The number of thioether (sulfide) groups is 1. The first kappa shape index (κ1) is 18.0. The molecule has 0 aliphatic carbocycles. The van der Waals surface area contributed by atoms with Crippen LogP contribution in [-0.4, -0.2) is 19.4 Å². The number of benzene rings is 1. The fourth-order valence-electron chi connectivity index (χ4n) is 3.26. The number of aryl methyl sites for hydroxylation is 1. The maximum atomic E-state index is 12.5. The molecule has 0 aliphatic heterocycles. The van der Waals surface area contributed by atoms with Crippen LogP contribution in [0.1, 0.15) is 11.3 Å². The molecule has 1 aromatic carbocycles. The highest BCUT2D eigenvalue weighted by atomic mass is 32.2. The van der Waals surface area contributed by atoms with Crippen molar-refractivity contribution in [3.8, 4) is 11.1 Å². The van der Waals surface area contributed by atoms with Crippen LogP contribution in [0, 0.1) is 6.92 Å². The lowest BCUT2D eigenvalue weighted by Gasteiger charge is -2.07. The average Bonchev–Trinajstić information content (AvgIpc) is 3.18. The molecule has 0 bridgehead atoms. The molecule has 0 unspecified atom stereocenters. The van der Waals surface area contributed by atoms with E-state index in [-0.39, 0.29) is 5.56 Å². The lowest BCUT2D eigenvalue weighted by molar-refractivity contribution is 1.000. The first-order valence-electron chi connectivity index (χ1n) is 9.08. The summed E-state index contributed by atoms with van der Waals surface area (Å²) in [5.41, 5.74) is 4.64. The van der Waals surface area contributed by atoms with Gasteiger partial charge in [0.1, 0.15) is 21.8 Å². The fourth-order valence-corrected chi connectivity index (χ4v) is 5.15. The van der Waals surface area contributed by atoms with Gasteiger partial charge in [-0.05, 0) is 24.1 Å². The Labute approximate surface area is 175 Å². The minimum atomic E-state index is -0.0670. The number of hydrogen-bond acceptors (Lipinski definition) is 6. The number of pyridine rings is 1. The van der Waals surface area contributed by atoms with Gasteiger partial charge in [-0.2, -0.15) is 0 Å². The van der Waals surface area contributed by atoms with Crippen molar-refractivity contribution >= 4 is 39.0 Å². The Kier molecular flexibility index (Phi) is 4.61. The number of fused-ring (bicyclic) bond motifs is 2. The summed E-state index contributed by atoms with van der Waals surface area (Å²) in [6.07, 6.45) is 3.41. The predicted octanol–water partition coefficient (Wildman–Crippen LogP) is 4.97. The minimum absolute atomic E-state index is 0.0670. The first-order chi connectivity index (χ1) is 14.2. The molecule has 29 heavy (non-hydrogen) atoms. The van der Waals surface area contributed by atoms with E-state index in [0.717, 1.165) is 37.6 Å². The molecular weight excluding hydrogens is 400 g/mol. The van der Waals surface area contributed by atoms with Crippen molar-refractivity contribution in [2.75, 3.05) is 0 Å². The Bertz CT molecular complexity index is 1390. The molecule has 0 saturated heterocycles. The molecule has 4 heterocycles. The third-order valence-corrected chi connectivity index (χ3v) is 6.55. The Morgan fingerprint density at radius 3 is 2.83 bits per heavy atom. The highest BCUT2D eigenvalue weighted by molar-refractivity contribution is 7.98. The van der Waals surface area contributed by atoms with E-state index in [1.165, 1.54) is 0 Å². The van der Waals surface area contributed by atoms with Gasteiger partial charge in [-0.3, -0.25) is 9.20 Å². The molecule has 0 aliphatic rings. The Hall–Kier alpha value is -3.03. The second-order valence-electron chi connectivity index (χ2n) is 6.68.